The van der Waals surface area contributed by atoms with Crippen LogP contribution < -0.4 is 15.1 Å². The molecule has 3 aliphatic rings. The maximum atomic E-state index is 14.0. The fourth-order valence-electron chi connectivity index (χ4n) is 4.58. The third-order valence-electron chi connectivity index (χ3n) is 6.59. The number of likely N-dealkylation sites (tertiary alicyclic amines) is 1. The SMILES string of the molecule is C[C@@H]1C(=O)NN=C2COc3cc(CF)c([C@H](C)C4(C)CN(C(=O)OC(C)(C)C)C4)cc3N21. The number of benzene rings is 1. The number of hydrogen-bond acceptors (Lipinski definition) is 6. The van der Waals surface area contributed by atoms with Gasteiger partial charge in [0.1, 0.15) is 30.7 Å². The minimum Gasteiger partial charge on any atom is -0.483 e. The average molecular weight is 447 g/mol. The van der Waals surface area contributed by atoms with Gasteiger partial charge in [0, 0.05) is 18.5 Å². The van der Waals surface area contributed by atoms with Crippen molar-refractivity contribution in [2.75, 3.05) is 24.6 Å². The topological polar surface area (TPSA) is 83.5 Å². The number of carbonyl (C=O) groups excluding carboxylic acids is 2. The lowest BCUT2D eigenvalue weighted by Crippen LogP contribution is -2.60. The second kappa shape index (κ2) is 7.64. The molecule has 0 bridgehead atoms. The van der Waals surface area contributed by atoms with Crippen LogP contribution in [0.4, 0.5) is 14.9 Å². The van der Waals surface area contributed by atoms with Gasteiger partial charge in [-0.1, -0.05) is 13.8 Å². The molecule has 2 amide bonds. The van der Waals surface area contributed by atoms with Gasteiger partial charge < -0.3 is 19.3 Å². The molecule has 1 aromatic rings. The standard InChI is InChI=1S/C23H31FN4O4/c1-13(23(6)11-27(12-23)21(30)32-22(3,4)5)16-8-17-18(7-15(16)9-24)31-10-19-25-26-20(29)14(2)28(17)19/h7-8,13-14H,9-12H2,1-6H3,(H,26,29)/t13-,14+/m0/s1. The van der Waals surface area contributed by atoms with Gasteiger partial charge in [-0.25, -0.2) is 14.6 Å². The van der Waals surface area contributed by atoms with Crippen LogP contribution in [-0.4, -0.2) is 54.1 Å². The van der Waals surface area contributed by atoms with Crippen molar-refractivity contribution in [1.29, 1.82) is 0 Å². The number of rotatable bonds is 3. The monoisotopic (exact) mass is 446 g/mol. The number of nitrogens with zero attached hydrogens (tertiary/aromatic N) is 3. The highest BCUT2D eigenvalue weighted by molar-refractivity contribution is 6.09. The van der Waals surface area contributed by atoms with E-state index in [1.165, 1.54) is 0 Å². The summed E-state index contributed by atoms with van der Waals surface area (Å²) in [6.07, 6.45) is -0.333. The van der Waals surface area contributed by atoms with Crippen molar-refractivity contribution in [2.24, 2.45) is 10.5 Å². The number of hydrogen-bond donors (Lipinski definition) is 1. The fraction of sp³-hybridized carbons (Fsp3) is 0.609. The van der Waals surface area contributed by atoms with Crippen molar-refractivity contribution in [2.45, 2.75) is 65.8 Å². The zero-order valence-corrected chi connectivity index (χ0v) is 19.5. The molecule has 2 atom stereocenters. The summed E-state index contributed by atoms with van der Waals surface area (Å²) in [6, 6.07) is 3.19. The molecule has 1 aromatic carbocycles. The van der Waals surface area contributed by atoms with Crippen LogP contribution in [0.1, 0.15) is 58.6 Å². The highest BCUT2D eigenvalue weighted by Gasteiger charge is 2.48. The number of amides is 2. The molecule has 1 fully saturated rings. The second-order valence-electron chi connectivity index (χ2n) is 10.2. The van der Waals surface area contributed by atoms with Gasteiger partial charge in [-0.05, 0) is 56.9 Å². The van der Waals surface area contributed by atoms with Gasteiger partial charge in [-0.2, -0.15) is 5.10 Å². The molecule has 0 saturated carbocycles. The van der Waals surface area contributed by atoms with Crippen LogP contribution in [0.15, 0.2) is 17.2 Å². The Morgan fingerprint density at radius 3 is 2.72 bits per heavy atom. The Bertz CT molecular complexity index is 981. The molecular formula is C23H31FN4O4. The van der Waals surface area contributed by atoms with E-state index in [-0.39, 0.29) is 29.9 Å². The van der Waals surface area contributed by atoms with Gasteiger partial charge in [-0.3, -0.25) is 4.79 Å². The van der Waals surface area contributed by atoms with E-state index in [0.717, 1.165) is 5.56 Å². The third-order valence-corrected chi connectivity index (χ3v) is 6.59. The predicted octanol–water partition coefficient (Wildman–Crippen LogP) is 3.55. The summed E-state index contributed by atoms with van der Waals surface area (Å²) in [5.74, 6) is 0.920. The summed E-state index contributed by atoms with van der Waals surface area (Å²) in [5.41, 5.74) is 3.85. The molecule has 0 spiro atoms. The Morgan fingerprint density at radius 2 is 2.09 bits per heavy atom. The van der Waals surface area contributed by atoms with Crippen molar-refractivity contribution in [1.82, 2.24) is 10.3 Å². The lowest BCUT2D eigenvalue weighted by molar-refractivity contribution is -0.122. The van der Waals surface area contributed by atoms with Crippen molar-refractivity contribution in [3.05, 3.63) is 23.3 Å². The Kier molecular flexibility index (Phi) is 5.33. The fourth-order valence-corrected chi connectivity index (χ4v) is 4.58. The Morgan fingerprint density at radius 1 is 1.41 bits per heavy atom. The zero-order valence-electron chi connectivity index (χ0n) is 19.5. The summed E-state index contributed by atoms with van der Waals surface area (Å²) < 4.78 is 25.3. The average Bonchev–Trinajstić information content (AvgIpc) is 2.70. The zero-order chi connectivity index (χ0) is 23.4. The van der Waals surface area contributed by atoms with Crippen LogP contribution in [-0.2, 0) is 16.2 Å². The van der Waals surface area contributed by atoms with E-state index >= 15 is 0 Å². The number of fused-ring (bicyclic) bond motifs is 3. The molecule has 9 heteroatoms. The molecule has 8 nitrogen and oxygen atoms in total. The smallest absolute Gasteiger partial charge is 0.410 e. The number of halogens is 1. The highest BCUT2D eigenvalue weighted by Crippen LogP contribution is 2.47. The molecule has 0 unspecified atom stereocenters. The van der Waals surface area contributed by atoms with Crippen LogP contribution in [0.25, 0.3) is 0 Å². The Hall–Kier alpha value is -2.84. The lowest BCUT2D eigenvalue weighted by atomic mass is 9.68. The maximum absolute atomic E-state index is 14.0. The van der Waals surface area contributed by atoms with E-state index < -0.39 is 18.3 Å². The van der Waals surface area contributed by atoms with Gasteiger partial charge in [0.15, 0.2) is 5.84 Å². The first-order valence-corrected chi connectivity index (χ1v) is 10.9. The van der Waals surface area contributed by atoms with Crippen LogP contribution in [0, 0.1) is 5.41 Å². The van der Waals surface area contributed by atoms with Gasteiger partial charge in [0.25, 0.3) is 5.91 Å². The number of ether oxygens (including phenoxy) is 2. The van der Waals surface area contributed by atoms with E-state index in [2.05, 4.69) is 24.4 Å². The number of hydrazone groups is 1. The van der Waals surface area contributed by atoms with Crippen LogP contribution >= 0.6 is 0 Å². The first kappa shape index (κ1) is 22.4. The Balaban J connectivity index is 1.62. The van der Waals surface area contributed by atoms with Crippen molar-refractivity contribution >= 4 is 23.5 Å². The Labute approximate surface area is 187 Å². The summed E-state index contributed by atoms with van der Waals surface area (Å²) >= 11 is 0. The molecular weight excluding hydrogens is 415 g/mol. The molecule has 4 rings (SSSR count). The first-order chi connectivity index (χ1) is 14.9. The largest absolute Gasteiger partial charge is 0.483 e. The summed E-state index contributed by atoms with van der Waals surface area (Å²) in [7, 11) is 0. The minimum atomic E-state index is -0.626. The maximum Gasteiger partial charge on any atom is 0.410 e. The van der Waals surface area contributed by atoms with Crippen LogP contribution in [0.3, 0.4) is 0 Å². The normalized spacial score (nSPS) is 22.5. The number of carbonyl (C=O) groups is 2. The molecule has 32 heavy (non-hydrogen) atoms. The molecule has 0 aromatic heterocycles. The van der Waals surface area contributed by atoms with Gasteiger partial charge in [0.2, 0.25) is 0 Å². The van der Waals surface area contributed by atoms with Crippen molar-refractivity contribution < 1.29 is 23.5 Å². The first-order valence-electron chi connectivity index (χ1n) is 10.9. The van der Waals surface area contributed by atoms with E-state index in [0.29, 0.717) is 35.9 Å². The highest BCUT2D eigenvalue weighted by atomic mass is 19.1. The van der Waals surface area contributed by atoms with E-state index in [1.807, 2.05) is 31.7 Å². The van der Waals surface area contributed by atoms with Gasteiger partial charge in [0.05, 0.1) is 5.69 Å². The van der Waals surface area contributed by atoms with Gasteiger partial charge in [-0.15, -0.1) is 0 Å². The van der Waals surface area contributed by atoms with E-state index in [1.54, 1.807) is 17.9 Å². The van der Waals surface area contributed by atoms with Crippen LogP contribution in [0.5, 0.6) is 5.75 Å². The molecule has 1 N–H and O–H groups in total. The number of nitrogens with one attached hydrogen (secondary N) is 1. The molecule has 1 saturated heterocycles. The van der Waals surface area contributed by atoms with Gasteiger partial charge >= 0.3 is 6.09 Å². The summed E-state index contributed by atoms with van der Waals surface area (Å²) in [4.78, 5) is 28.1. The molecule has 174 valence electrons. The van der Waals surface area contributed by atoms with Crippen LogP contribution in [0.2, 0.25) is 0 Å². The third kappa shape index (κ3) is 3.78. The molecule has 0 radical (unpaired) electrons. The second-order valence-corrected chi connectivity index (χ2v) is 10.2. The molecule has 3 aliphatic heterocycles. The minimum absolute atomic E-state index is 0.0338. The van der Waals surface area contributed by atoms with Crippen molar-refractivity contribution in [3.63, 3.8) is 0 Å². The quantitative estimate of drug-likeness (QED) is 0.768. The predicted molar refractivity (Wildman–Crippen MR) is 119 cm³/mol. The number of anilines is 1. The lowest BCUT2D eigenvalue weighted by Gasteiger charge is -2.51. The summed E-state index contributed by atoms with van der Waals surface area (Å²) in [5, 5.41) is 4.12. The summed E-state index contributed by atoms with van der Waals surface area (Å²) in [6.45, 7) is 12.1. The number of alkyl halides is 1. The molecule has 3 heterocycles. The molecule has 0 aliphatic carbocycles. The van der Waals surface area contributed by atoms with E-state index in [4.69, 9.17) is 9.47 Å². The van der Waals surface area contributed by atoms with E-state index in [9.17, 15) is 14.0 Å². The van der Waals surface area contributed by atoms with Crippen molar-refractivity contribution in [3.8, 4) is 5.75 Å². The number of amidine groups is 1.